The van der Waals surface area contributed by atoms with E-state index >= 15 is 0 Å². The zero-order valence-electron chi connectivity index (χ0n) is 14.2. The van der Waals surface area contributed by atoms with Crippen LogP contribution in [0.2, 0.25) is 0 Å². The average molecular weight is 350 g/mol. The summed E-state index contributed by atoms with van der Waals surface area (Å²) < 4.78 is 31.5. The van der Waals surface area contributed by atoms with E-state index in [4.69, 9.17) is 4.74 Å². The Morgan fingerprint density at radius 3 is 2.50 bits per heavy atom. The molecule has 0 fully saturated rings. The van der Waals surface area contributed by atoms with E-state index in [9.17, 15) is 8.42 Å². The highest BCUT2D eigenvalue weighted by molar-refractivity contribution is 7.89. The minimum absolute atomic E-state index is 0.262. The molecule has 6 nitrogen and oxygen atoms in total. The first-order valence-corrected chi connectivity index (χ1v) is 9.34. The first-order chi connectivity index (χ1) is 11.5. The fraction of sp³-hybridized carbons (Fsp3) is 0.353. The SMILES string of the molecule is CCN(CC)S(=O)(=O)c1ccc(NCc2cccc(OC)c2)[nH+]c1. The molecule has 0 unspecified atom stereocenters. The van der Waals surface area contributed by atoms with Crippen molar-refractivity contribution in [1.29, 1.82) is 0 Å². The molecule has 0 aliphatic carbocycles. The number of aromatic nitrogens is 1. The van der Waals surface area contributed by atoms with Gasteiger partial charge in [-0.25, -0.2) is 13.4 Å². The topological polar surface area (TPSA) is 72.8 Å². The highest BCUT2D eigenvalue weighted by Crippen LogP contribution is 2.16. The summed E-state index contributed by atoms with van der Waals surface area (Å²) in [5.74, 6) is 1.55. The molecule has 0 saturated heterocycles. The number of anilines is 1. The summed E-state index contributed by atoms with van der Waals surface area (Å²) in [6.07, 6.45) is 1.52. The third-order valence-corrected chi connectivity index (χ3v) is 5.79. The molecular formula is C17H24N3O3S+. The minimum Gasteiger partial charge on any atom is -0.497 e. The van der Waals surface area contributed by atoms with Crippen LogP contribution in [0.4, 0.5) is 5.82 Å². The quantitative estimate of drug-likeness (QED) is 0.792. The van der Waals surface area contributed by atoms with Gasteiger partial charge in [0, 0.05) is 19.2 Å². The molecule has 1 aromatic heterocycles. The second-order valence-corrected chi connectivity index (χ2v) is 7.17. The molecular weight excluding hydrogens is 326 g/mol. The maximum atomic E-state index is 12.4. The van der Waals surface area contributed by atoms with Gasteiger partial charge < -0.3 is 4.74 Å². The number of H-pyrrole nitrogens is 1. The fourth-order valence-electron chi connectivity index (χ4n) is 2.37. The van der Waals surface area contributed by atoms with E-state index in [1.54, 1.807) is 19.2 Å². The van der Waals surface area contributed by atoms with Crippen LogP contribution in [0.5, 0.6) is 5.75 Å². The first-order valence-electron chi connectivity index (χ1n) is 7.90. The largest absolute Gasteiger partial charge is 0.497 e. The number of aromatic amines is 1. The van der Waals surface area contributed by atoms with E-state index in [0.717, 1.165) is 17.1 Å². The number of nitrogens with zero attached hydrogens (tertiary/aromatic N) is 1. The van der Waals surface area contributed by atoms with E-state index in [-0.39, 0.29) is 4.90 Å². The Morgan fingerprint density at radius 2 is 1.92 bits per heavy atom. The number of methoxy groups -OCH3 is 1. The van der Waals surface area contributed by atoms with Crippen molar-refractivity contribution in [2.24, 2.45) is 0 Å². The van der Waals surface area contributed by atoms with Crippen LogP contribution in [-0.2, 0) is 16.6 Å². The van der Waals surface area contributed by atoms with Gasteiger partial charge >= 0.3 is 0 Å². The number of pyridine rings is 1. The third kappa shape index (κ3) is 4.24. The molecule has 1 heterocycles. The number of nitrogens with one attached hydrogen (secondary N) is 2. The third-order valence-electron chi connectivity index (χ3n) is 3.74. The van der Waals surface area contributed by atoms with Gasteiger partial charge in [0.05, 0.1) is 7.11 Å². The fourth-order valence-corrected chi connectivity index (χ4v) is 3.80. The van der Waals surface area contributed by atoms with Crippen molar-refractivity contribution in [3.05, 3.63) is 48.2 Å². The van der Waals surface area contributed by atoms with Gasteiger partial charge in [-0.1, -0.05) is 26.0 Å². The maximum Gasteiger partial charge on any atom is 0.272 e. The van der Waals surface area contributed by atoms with Gasteiger partial charge in [0.15, 0.2) is 0 Å². The van der Waals surface area contributed by atoms with Crippen molar-refractivity contribution in [3.8, 4) is 5.75 Å². The summed E-state index contributed by atoms with van der Waals surface area (Å²) >= 11 is 0. The number of rotatable bonds is 8. The number of ether oxygens (including phenoxy) is 1. The summed E-state index contributed by atoms with van der Waals surface area (Å²) in [6.45, 7) is 5.17. The van der Waals surface area contributed by atoms with Crippen LogP contribution in [-0.4, -0.2) is 32.9 Å². The van der Waals surface area contributed by atoms with Gasteiger partial charge in [0.2, 0.25) is 10.0 Å². The first kappa shape index (κ1) is 18.2. The predicted octanol–water partition coefficient (Wildman–Crippen LogP) is 2.15. The van der Waals surface area contributed by atoms with Gasteiger partial charge in [0.1, 0.15) is 23.4 Å². The maximum absolute atomic E-state index is 12.4. The van der Waals surface area contributed by atoms with Gasteiger partial charge in [-0.15, -0.1) is 0 Å². The van der Waals surface area contributed by atoms with Gasteiger partial charge in [-0.05, 0) is 23.8 Å². The molecule has 0 aliphatic heterocycles. The standard InChI is InChI=1S/C17H23N3O3S/c1-4-20(5-2)24(21,22)16-9-10-17(19-13-16)18-12-14-7-6-8-15(11-14)23-3/h6-11,13H,4-5,12H2,1-3H3,(H,18,19)/p+1. The van der Waals surface area contributed by atoms with Crippen molar-refractivity contribution in [2.45, 2.75) is 25.3 Å². The summed E-state index contributed by atoms with van der Waals surface area (Å²) in [7, 11) is -1.80. The molecule has 0 aliphatic rings. The summed E-state index contributed by atoms with van der Waals surface area (Å²) in [5, 5.41) is 3.23. The highest BCUT2D eigenvalue weighted by Gasteiger charge is 2.22. The summed E-state index contributed by atoms with van der Waals surface area (Å²) in [6, 6.07) is 11.1. The number of hydrogen-bond donors (Lipinski definition) is 1. The average Bonchev–Trinajstić information content (AvgIpc) is 2.61. The molecule has 0 radical (unpaired) electrons. The van der Waals surface area contributed by atoms with Crippen molar-refractivity contribution in [2.75, 3.05) is 25.5 Å². The minimum atomic E-state index is -3.44. The summed E-state index contributed by atoms with van der Waals surface area (Å²) in [5.41, 5.74) is 1.07. The Bertz CT molecular complexity index is 757. The second-order valence-electron chi connectivity index (χ2n) is 5.23. The van der Waals surface area contributed by atoms with Gasteiger partial charge in [-0.2, -0.15) is 4.31 Å². The van der Waals surface area contributed by atoms with Crippen molar-refractivity contribution in [3.63, 3.8) is 0 Å². The molecule has 0 spiro atoms. The zero-order chi connectivity index (χ0) is 17.6. The highest BCUT2D eigenvalue weighted by atomic mass is 32.2. The molecule has 0 atom stereocenters. The molecule has 0 amide bonds. The molecule has 1 aromatic carbocycles. The van der Waals surface area contributed by atoms with Crippen molar-refractivity contribution < 1.29 is 18.1 Å². The lowest BCUT2D eigenvalue weighted by Gasteiger charge is -2.17. The molecule has 130 valence electrons. The van der Waals surface area contributed by atoms with Gasteiger partial charge in [-0.3, -0.25) is 5.32 Å². The van der Waals surface area contributed by atoms with E-state index in [1.165, 1.54) is 10.5 Å². The lowest BCUT2D eigenvalue weighted by atomic mass is 10.2. The van der Waals surface area contributed by atoms with E-state index in [0.29, 0.717) is 19.6 Å². The Balaban J connectivity index is 2.07. The van der Waals surface area contributed by atoms with Crippen LogP contribution in [0, 0.1) is 0 Å². The molecule has 0 bridgehead atoms. The summed E-state index contributed by atoms with van der Waals surface area (Å²) in [4.78, 5) is 3.26. The van der Waals surface area contributed by atoms with Crippen LogP contribution in [0.3, 0.4) is 0 Å². The molecule has 2 rings (SSSR count). The van der Waals surface area contributed by atoms with E-state index < -0.39 is 10.0 Å². The smallest absolute Gasteiger partial charge is 0.272 e. The zero-order valence-corrected chi connectivity index (χ0v) is 15.1. The van der Waals surface area contributed by atoms with Crippen molar-refractivity contribution in [1.82, 2.24) is 4.31 Å². The Hall–Kier alpha value is -2.12. The number of benzene rings is 1. The van der Waals surface area contributed by atoms with E-state index in [2.05, 4.69) is 10.3 Å². The molecule has 7 heteroatoms. The molecule has 24 heavy (non-hydrogen) atoms. The predicted molar refractivity (Wildman–Crippen MR) is 93.4 cm³/mol. The molecule has 2 aromatic rings. The van der Waals surface area contributed by atoms with Crippen LogP contribution >= 0.6 is 0 Å². The monoisotopic (exact) mass is 350 g/mol. The number of hydrogen-bond acceptors (Lipinski definition) is 4. The lowest BCUT2D eigenvalue weighted by Crippen LogP contribution is -2.31. The number of sulfonamides is 1. The van der Waals surface area contributed by atoms with Crippen LogP contribution in [0.1, 0.15) is 19.4 Å². The van der Waals surface area contributed by atoms with Crippen LogP contribution in [0.25, 0.3) is 0 Å². The lowest BCUT2D eigenvalue weighted by molar-refractivity contribution is -0.364. The Kier molecular flexibility index (Phi) is 6.16. The normalized spacial score (nSPS) is 11.5. The van der Waals surface area contributed by atoms with Crippen LogP contribution in [0.15, 0.2) is 47.5 Å². The molecule has 2 N–H and O–H groups in total. The van der Waals surface area contributed by atoms with Gasteiger partial charge in [0.25, 0.3) is 5.82 Å². The Morgan fingerprint density at radius 1 is 1.17 bits per heavy atom. The van der Waals surface area contributed by atoms with Crippen molar-refractivity contribution >= 4 is 15.8 Å². The van der Waals surface area contributed by atoms with Crippen LogP contribution < -0.4 is 15.0 Å². The Labute approximate surface area is 143 Å². The molecule has 0 saturated carbocycles. The second kappa shape index (κ2) is 8.12. The van der Waals surface area contributed by atoms with E-state index in [1.807, 2.05) is 38.1 Å².